The predicted molar refractivity (Wildman–Crippen MR) is 137 cm³/mol. The van der Waals surface area contributed by atoms with E-state index in [4.69, 9.17) is 14.7 Å². The fourth-order valence-corrected chi connectivity index (χ4v) is 5.49. The lowest BCUT2D eigenvalue weighted by atomic mass is 10.0. The van der Waals surface area contributed by atoms with Crippen molar-refractivity contribution in [2.45, 2.75) is 32.4 Å². The molecule has 0 saturated carbocycles. The number of aromatic nitrogens is 2. The van der Waals surface area contributed by atoms with Crippen molar-refractivity contribution in [3.05, 3.63) is 99.1 Å². The van der Waals surface area contributed by atoms with Crippen molar-refractivity contribution >= 4 is 23.2 Å². The van der Waals surface area contributed by atoms with Crippen molar-refractivity contribution in [1.82, 2.24) is 14.9 Å². The van der Waals surface area contributed by atoms with E-state index in [1.54, 1.807) is 23.5 Å². The highest BCUT2D eigenvalue weighted by molar-refractivity contribution is 7.10. The lowest BCUT2D eigenvalue weighted by molar-refractivity contribution is -0.131. The number of hydrogen-bond donors (Lipinski definition) is 0. The first-order chi connectivity index (χ1) is 17.6. The van der Waals surface area contributed by atoms with Crippen molar-refractivity contribution < 1.29 is 13.9 Å². The zero-order valence-electron chi connectivity index (χ0n) is 19.7. The van der Waals surface area contributed by atoms with E-state index in [1.807, 2.05) is 22.4 Å². The summed E-state index contributed by atoms with van der Waals surface area (Å²) in [6.45, 7) is 2.49. The zero-order chi connectivity index (χ0) is 24.5. The fraction of sp³-hybridized carbons (Fsp3) is 0.250. The van der Waals surface area contributed by atoms with E-state index < -0.39 is 0 Å². The third-order valence-corrected chi connectivity index (χ3v) is 7.57. The molecule has 182 valence electrons. The van der Waals surface area contributed by atoms with Crippen LogP contribution in [0.5, 0.6) is 11.6 Å². The van der Waals surface area contributed by atoms with Crippen LogP contribution in [0.2, 0.25) is 0 Å². The van der Waals surface area contributed by atoms with Crippen LogP contribution in [-0.4, -0.2) is 33.9 Å². The first-order valence-corrected chi connectivity index (χ1v) is 13.0. The Kier molecular flexibility index (Phi) is 6.11. The molecule has 8 heteroatoms. The Hall–Kier alpha value is -3.78. The smallest absolute Gasteiger partial charge is 0.229 e. The molecule has 36 heavy (non-hydrogen) atoms. The van der Waals surface area contributed by atoms with E-state index >= 15 is 0 Å². The highest BCUT2D eigenvalue weighted by Crippen LogP contribution is 2.33. The number of thiophene rings is 1. The van der Waals surface area contributed by atoms with Gasteiger partial charge in [-0.25, -0.2) is 9.37 Å². The van der Waals surface area contributed by atoms with Gasteiger partial charge in [0.25, 0.3) is 0 Å². The quantitative estimate of drug-likeness (QED) is 0.379. The van der Waals surface area contributed by atoms with Crippen LogP contribution in [0.15, 0.2) is 66.0 Å². The van der Waals surface area contributed by atoms with E-state index in [9.17, 15) is 9.18 Å². The number of anilines is 1. The normalized spacial score (nSPS) is 14.8. The molecule has 0 fully saturated rings. The maximum atomic E-state index is 13.9. The first kappa shape index (κ1) is 22.7. The average molecular weight is 501 g/mol. The van der Waals surface area contributed by atoms with Gasteiger partial charge in [0, 0.05) is 37.0 Å². The van der Waals surface area contributed by atoms with Crippen molar-refractivity contribution in [1.29, 1.82) is 0 Å². The molecule has 0 N–H and O–H groups in total. The Morgan fingerprint density at radius 3 is 2.69 bits per heavy atom. The Balaban J connectivity index is 1.32. The zero-order valence-corrected chi connectivity index (χ0v) is 20.5. The number of hydrogen-bond acceptors (Lipinski definition) is 6. The van der Waals surface area contributed by atoms with E-state index in [1.165, 1.54) is 23.3 Å². The van der Waals surface area contributed by atoms with Crippen LogP contribution in [0.4, 0.5) is 10.3 Å². The number of fused-ring (bicyclic) bond motifs is 2. The summed E-state index contributed by atoms with van der Waals surface area (Å²) in [6.07, 6.45) is 1.91. The number of carbonyl (C=O) groups excluding carboxylic acids is 1. The van der Waals surface area contributed by atoms with Gasteiger partial charge in [-0.3, -0.25) is 4.79 Å². The minimum absolute atomic E-state index is 0.0662. The van der Waals surface area contributed by atoms with Gasteiger partial charge in [-0.2, -0.15) is 4.98 Å². The van der Waals surface area contributed by atoms with E-state index in [0.717, 1.165) is 35.6 Å². The molecule has 4 aromatic rings. The third-order valence-electron chi connectivity index (χ3n) is 6.69. The van der Waals surface area contributed by atoms with Gasteiger partial charge in [0.1, 0.15) is 11.6 Å². The number of nitrogens with zero attached hydrogens (tertiary/aromatic N) is 4. The minimum atomic E-state index is -0.379. The maximum absolute atomic E-state index is 13.9. The Morgan fingerprint density at radius 2 is 1.86 bits per heavy atom. The monoisotopic (exact) mass is 500 g/mol. The molecule has 1 amide bonds. The Labute approximate surface area is 213 Å². The van der Waals surface area contributed by atoms with Crippen LogP contribution in [0.25, 0.3) is 0 Å². The highest BCUT2D eigenvalue weighted by atomic mass is 32.1. The number of ether oxygens (including phenoxy) is 1. The number of rotatable bonds is 5. The molecule has 6 rings (SSSR count). The number of amides is 1. The van der Waals surface area contributed by atoms with Crippen LogP contribution >= 0.6 is 11.3 Å². The second-order valence-corrected chi connectivity index (χ2v) is 10.1. The molecule has 2 aromatic carbocycles. The summed E-state index contributed by atoms with van der Waals surface area (Å²) in [5, 5.41) is 1.98. The Morgan fingerprint density at radius 1 is 0.972 bits per heavy atom. The lowest BCUT2D eigenvalue weighted by Gasteiger charge is -2.32. The van der Waals surface area contributed by atoms with Gasteiger partial charge in [-0.05, 0) is 41.1 Å². The molecule has 0 bridgehead atoms. The maximum Gasteiger partial charge on any atom is 0.229 e. The van der Waals surface area contributed by atoms with Crippen LogP contribution in [-0.2, 0) is 37.1 Å². The van der Waals surface area contributed by atoms with Gasteiger partial charge in [-0.15, -0.1) is 11.3 Å². The van der Waals surface area contributed by atoms with Crippen molar-refractivity contribution in [3.8, 4) is 11.6 Å². The average Bonchev–Trinajstić information content (AvgIpc) is 3.41. The second kappa shape index (κ2) is 9.70. The van der Waals surface area contributed by atoms with Gasteiger partial charge in [0.05, 0.1) is 24.2 Å². The van der Waals surface area contributed by atoms with Gasteiger partial charge >= 0.3 is 0 Å². The highest BCUT2D eigenvalue weighted by Gasteiger charge is 2.29. The SMILES string of the molecule is O=C(Cc1cccs1)N1CCc2nc(N3CCc4ccccc4C3)nc(Oc3cccc(F)c3)c2C1. The third kappa shape index (κ3) is 4.68. The van der Waals surface area contributed by atoms with Gasteiger partial charge in [0.15, 0.2) is 0 Å². The molecule has 0 saturated heterocycles. The standard InChI is InChI=1S/C28H25FN4O2S/c29-21-7-3-8-22(15-21)35-27-24-18-32(26(34)16-23-9-4-14-36-23)13-11-25(24)30-28(31-27)33-12-10-19-5-1-2-6-20(19)17-33/h1-9,14-15H,10-13,16-18H2. The van der Waals surface area contributed by atoms with Gasteiger partial charge < -0.3 is 14.5 Å². The summed E-state index contributed by atoms with van der Waals surface area (Å²) >= 11 is 1.58. The topological polar surface area (TPSA) is 58.6 Å². The fourth-order valence-electron chi connectivity index (χ4n) is 4.79. The summed E-state index contributed by atoms with van der Waals surface area (Å²) in [7, 11) is 0. The van der Waals surface area contributed by atoms with Crippen LogP contribution < -0.4 is 9.64 Å². The molecule has 2 aliphatic rings. The summed E-state index contributed by atoms with van der Waals surface area (Å²) in [4.78, 5) is 27.8. The molecule has 0 radical (unpaired) electrons. The van der Waals surface area contributed by atoms with Gasteiger partial charge in [0.2, 0.25) is 17.7 Å². The molecule has 0 spiro atoms. The molecule has 4 heterocycles. The Bertz CT molecular complexity index is 1410. The molecule has 2 aromatic heterocycles. The van der Waals surface area contributed by atoms with Crippen LogP contribution in [0, 0.1) is 5.82 Å². The summed E-state index contributed by atoms with van der Waals surface area (Å²) in [6, 6.07) is 18.4. The van der Waals surface area contributed by atoms with Gasteiger partial charge in [-0.1, -0.05) is 36.4 Å². The molecule has 0 atom stereocenters. The van der Waals surface area contributed by atoms with Crippen LogP contribution in [0.1, 0.15) is 27.3 Å². The van der Waals surface area contributed by atoms with E-state index in [2.05, 4.69) is 29.2 Å². The molecular formula is C28H25FN4O2S. The van der Waals surface area contributed by atoms with E-state index in [-0.39, 0.29) is 11.7 Å². The molecule has 6 nitrogen and oxygen atoms in total. The molecular weight excluding hydrogens is 475 g/mol. The first-order valence-electron chi connectivity index (χ1n) is 12.1. The summed E-state index contributed by atoms with van der Waals surface area (Å²) in [5.41, 5.74) is 4.28. The summed E-state index contributed by atoms with van der Waals surface area (Å²) < 4.78 is 20.0. The van der Waals surface area contributed by atoms with Crippen molar-refractivity contribution in [2.24, 2.45) is 0 Å². The van der Waals surface area contributed by atoms with Crippen molar-refractivity contribution in [2.75, 3.05) is 18.0 Å². The lowest BCUT2D eigenvalue weighted by Crippen LogP contribution is -2.38. The van der Waals surface area contributed by atoms with Crippen LogP contribution in [0.3, 0.4) is 0 Å². The predicted octanol–water partition coefficient (Wildman–Crippen LogP) is 5.16. The largest absolute Gasteiger partial charge is 0.438 e. The molecule has 0 aliphatic carbocycles. The number of halogens is 1. The minimum Gasteiger partial charge on any atom is -0.438 e. The molecule has 0 unspecified atom stereocenters. The number of carbonyl (C=O) groups is 1. The molecule has 2 aliphatic heterocycles. The second-order valence-electron chi connectivity index (χ2n) is 9.08. The summed E-state index contributed by atoms with van der Waals surface area (Å²) in [5.74, 6) is 1.04. The van der Waals surface area contributed by atoms with E-state index in [0.29, 0.717) is 43.5 Å². The van der Waals surface area contributed by atoms with Crippen molar-refractivity contribution in [3.63, 3.8) is 0 Å². The number of benzene rings is 2.